The van der Waals surface area contributed by atoms with Crippen LogP contribution in [0.3, 0.4) is 0 Å². The molecule has 116 valence electrons. The number of rotatable bonds is 6. The summed E-state index contributed by atoms with van der Waals surface area (Å²) in [6, 6.07) is 0. The van der Waals surface area contributed by atoms with Crippen molar-refractivity contribution in [2.24, 2.45) is 11.8 Å². The van der Waals surface area contributed by atoms with Gasteiger partial charge in [0.25, 0.3) is 0 Å². The van der Waals surface area contributed by atoms with Crippen molar-refractivity contribution < 1.29 is 14.6 Å². The largest absolute Gasteiger partial charge is 0.388 e. The molecule has 0 aromatic rings. The van der Waals surface area contributed by atoms with Gasteiger partial charge >= 0.3 is 0 Å². The van der Waals surface area contributed by atoms with E-state index in [1.54, 1.807) is 0 Å². The van der Waals surface area contributed by atoms with Gasteiger partial charge in [0.1, 0.15) is 0 Å². The van der Waals surface area contributed by atoms with Crippen molar-refractivity contribution in [3.05, 3.63) is 0 Å². The maximum Gasteiger partial charge on any atom is 0.220 e. The Balaban J connectivity index is 1.61. The van der Waals surface area contributed by atoms with Crippen LogP contribution in [0.2, 0.25) is 0 Å². The number of ether oxygens (including phenoxy) is 1. The molecule has 2 saturated carbocycles. The van der Waals surface area contributed by atoms with Gasteiger partial charge in [-0.15, -0.1) is 0 Å². The Kier molecular flexibility index (Phi) is 5.44. The number of nitrogens with one attached hydrogen (secondary N) is 1. The van der Waals surface area contributed by atoms with E-state index in [9.17, 15) is 9.90 Å². The first-order valence-corrected chi connectivity index (χ1v) is 8.11. The van der Waals surface area contributed by atoms with E-state index in [4.69, 9.17) is 4.74 Å². The number of amides is 1. The summed E-state index contributed by atoms with van der Waals surface area (Å²) in [4.78, 5) is 11.9. The Hall–Kier alpha value is -0.610. The lowest BCUT2D eigenvalue weighted by Crippen LogP contribution is -2.46. The number of hydrogen-bond donors (Lipinski definition) is 2. The van der Waals surface area contributed by atoms with E-state index in [0.29, 0.717) is 30.9 Å². The highest BCUT2D eigenvalue weighted by Gasteiger charge is 2.34. The molecule has 0 atom stereocenters. The average Bonchev–Trinajstić information content (AvgIpc) is 2.38. The van der Waals surface area contributed by atoms with Crippen molar-refractivity contribution >= 4 is 5.91 Å². The zero-order chi connectivity index (χ0) is 14.6. The third-order valence-electron chi connectivity index (χ3n) is 4.89. The van der Waals surface area contributed by atoms with E-state index in [1.807, 2.05) is 6.92 Å². The lowest BCUT2D eigenvalue weighted by molar-refractivity contribution is -0.126. The van der Waals surface area contributed by atoms with Gasteiger partial charge in [0.2, 0.25) is 5.91 Å². The molecule has 4 nitrogen and oxygen atoms in total. The fourth-order valence-corrected chi connectivity index (χ4v) is 3.29. The first-order valence-electron chi connectivity index (χ1n) is 8.11. The maximum absolute atomic E-state index is 11.9. The number of aliphatic hydroxyl groups is 1. The molecule has 4 heteroatoms. The molecule has 2 fully saturated rings. The molecule has 2 aliphatic rings. The van der Waals surface area contributed by atoms with E-state index >= 15 is 0 Å². The fraction of sp³-hybridized carbons (Fsp3) is 0.938. The molecule has 0 radical (unpaired) electrons. The summed E-state index contributed by atoms with van der Waals surface area (Å²) in [7, 11) is 0. The zero-order valence-corrected chi connectivity index (χ0v) is 12.9. The van der Waals surface area contributed by atoms with Gasteiger partial charge in [0, 0.05) is 19.6 Å². The van der Waals surface area contributed by atoms with Crippen LogP contribution in [0.4, 0.5) is 0 Å². The quantitative estimate of drug-likeness (QED) is 0.786. The Morgan fingerprint density at radius 3 is 2.60 bits per heavy atom. The van der Waals surface area contributed by atoms with Gasteiger partial charge < -0.3 is 15.2 Å². The molecule has 0 bridgehead atoms. The van der Waals surface area contributed by atoms with E-state index in [2.05, 4.69) is 12.2 Å². The third kappa shape index (κ3) is 4.45. The normalized spacial score (nSPS) is 37.2. The van der Waals surface area contributed by atoms with Crippen molar-refractivity contribution in [2.45, 2.75) is 70.5 Å². The third-order valence-corrected chi connectivity index (χ3v) is 4.89. The maximum atomic E-state index is 11.9. The molecular weight excluding hydrogens is 254 g/mol. The zero-order valence-electron chi connectivity index (χ0n) is 12.9. The molecule has 0 aliphatic heterocycles. The topological polar surface area (TPSA) is 58.6 Å². The second-order valence-corrected chi connectivity index (χ2v) is 6.80. The van der Waals surface area contributed by atoms with Crippen molar-refractivity contribution in [3.63, 3.8) is 0 Å². The van der Waals surface area contributed by atoms with Crippen LogP contribution >= 0.6 is 0 Å². The molecule has 2 aliphatic carbocycles. The second kappa shape index (κ2) is 6.90. The molecule has 0 aromatic heterocycles. The smallest absolute Gasteiger partial charge is 0.220 e. The van der Waals surface area contributed by atoms with Crippen LogP contribution in [-0.4, -0.2) is 35.9 Å². The summed E-state index contributed by atoms with van der Waals surface area (Å²) >= 11 is 0. The summed E-state index contributed by atoms with van der Waals surface area (Å²) in [5, 5.41) is 13.3. The Morgan fingerprint density at radius 1 is 1.35 bits per heavy atom. The monoisotopic (exact) mass is 283 g/mol. The summed E-state index contributed by atoms with van der Waals surface area (Å²) < 4.78 is 5.50. The van der Waals surface area contributed by atoms with E-state index < -0.39 is 5.60 Å². The van der Waals surface area contributed by atoms with Crippen LogP contribution in [0.25, 0.3) is 0 Å². The molecule has 20 heavy (non-hydrogen) atoms. The molecule has 2 N–H and O–H groups in total. The van der Waals surface area contributed by atoms with Gasteiger partial charge in [0.05, 0.1) is 11.7 Å². The van der Waals surface area contributed by atoms with Gasteiger partial charge in [-0.3, -0.25) is 4.79 Å². The highest BCUT2D eigenvalue weighted by atomic mass is 16.5. The lowest BCUT2D eigenvalue weighted by atomic mass is 9.79. The van der Waals surface area contributed by atoms with Crippen LogP contribution in [-0.2, 0) is 9.53 Å². The minimum absolute atomic E-state index is 0.0806. The fourth-order valence-electron chi connectivity index (χ4n) is 3.29. The molecule has 0 heterocycles. The van der Waals surface area contributed by atoms with Crippen molar-refractivity contribution in [2.75, 3.05) is 13.2 Å². The standard InChI is InChI=1S/C16H29NO3/c1-3-20-14-8-13(9-14)10-15(18)17-11-16(19)6-4-12(2)5-7-16/h12-14,19H,3-11H2,1-2H3,(H,17,18). The van der Waals surface area contributed by atoms with Crippen LogP contribution in [0.1, 0.15) is 58.8 Å². The molecular formula is C16H29NO3. The molecule has 0 spiro atoms. The molecule has 1 amide bonds. The minimum atomic E-state index is -0.671. The lowest BCUT2D eigenvalue weighted by Gasteiger charge is -2.36. The Labute approximate surface area is 122 Å². The van der Waals surface area contributed by atoms with E-state index in [-0.39, 0.29) is 5.91 Å². The van der Waals surface area contributed by atoms with Crippen LogP contribution in [0.15, 0.2) is 0 Å². The molecule has 0 unspecified atom stereocenters. The number of hydrogen-bond acceptors (Lipinski definition) is 3. The summed E-state index contributed by atoms with van der Waals surface area (Å²) in [5.74, 6) is 1.25. The molecule has 0 aromatic carbocycles. The summed E-state index contributed by atoms with van der Waals surface area (Å²) in [6.45, 7) is 5.41. The van der Waals surface area contributed by atoms with Crippen LogP contribution in [0, 0.1) is 11.8 Å². The van der Waals surface area contributed by atoms with Crippen LogP contribution < -0.4 is 5.32 Å². The predicted molar refractivity (Wildman–Crippen MR) is 78.3 cm³/mol. The van der Waals surface area contributed by atoms with Crippen LogP contribution in [0.5, 0.6) is 0 Å². The van der Waals surface area contributed by atoms with E-state index in [1.165, 1.54) is 0 Å². The van der Waals surface area contributed by atoms with Gasteiger partial charge in [0.15, 0.2) is 0 Å². The van der Waals surface area contributed by atoms with Crippen molar-refractivity contribution in [1.29, 1.82) is 0 Å². The highest BCUT2D eigenvalue weighted by Crippen LogP contribution is 2.33. The minimum Gasteiger partial charge on any atom is -0.388 e. The SMILES string of the molecule is CCOC1CC(CC(=O)NCC2(O)CCC(C)CC2)C1. The average molecular weight is 283 g/mol. The molecule has 0 saturated heterocycles. The summed E-state index contributed by atoms with van der Waals surface area (Å²) in [6.07, 6.45) is 6.69. The number of carbonyl (C=O) groups excluding carboxylic acids is 1. The van der Waals surface area contributed by atoms with Gasteiger partial charge in [-0.2, -0.15) is 0 Å². The first kappa shape index (κ1) is 15.8. The van der Waals surface area contributed by atoms with Gasteiger partial charge in [-0.05, 0) is 57.3 Å². The van der Waals surface area contributed by atoms with Crippen molar-refractivity contribution in [3.8, 4) is 0 Å². The van der Waals surface area contributed by atoms with E-state index in [0.717, 1.165) is 45.1 Å². The Morgan fingerprint density at radius 2 is 2.00 bits per heavy atom. The number of carbonyl (C=O) groups is 1. The van der Waals surface area contributed by atoms with Crippen molar-refractivity contribution in [1.82, 2.24) is 5.32 Å². The first-order chi connectivity index (χ1) is 9.50. The predicted octanol–water partition coefficient (Wildman–Crippen LogP) is 2.25. The summed E-state index contributed by atoms with van der Waals surface area (Å²) in [5.41, 5.74) is -0.671. The van der Waals surface area contributed by atoms with Gasteiger partial charge in [-0.25, -0.2) is 0 Å². The van der Waals surface area contributed by atoms with Gasteiger partial charge in [-0.1, -0.05) is 6.92 Å². The Bertz CT molecular complexity index is 318. The second-order valence-electron chi connectivity index (χ2n) is 6.80. The molecule has 2 rings (SSSR count). The highest BCUT2D eigenvalue weighted by molar-refractivity contribution is 5.76.